The average molecular weight is 269 g/mol. The van der Waals surface area contributed by atoms with Crippen molar-refractivity contribution in [3.63, 3.8) is 0 Å². The summed E-state index contributed by atoms with van der Waals surface area (Å²) in [4.78, 5) is 2.25. The number of rotatable bonds is 5. The standard InChI is InChI=1S/C13H23N3O3/c1-10-14-15-11(19-10)5-16(12(2,3)4)6-13(7-17)8-18-9-13/h17H,5-9H2,1-4H3. The SMILES string of the molecule is Cc1nnc(CN(CC2(CO)COC2)C(C)(C)C)o1. The zero-order chi connectivity index (χ0) is 14.1. The molecule has 0 radical (unpaired) electrons. The van der Waals surface area contributed by atoms with Crippen molar-refractivity contribution in [1.29, 1.82) is 0 Å². The number of ether oxygens (including phenoxy) is 1. The van der Waals surface area contributed by atoms with E-state index in [1.165, 1.54) is 0 Å². The van der Waals surface area contributed by atoms with Gasteiger partial charge in [0.25, 0.3) is 0 Å². The van der Waals surface area contributed by atoms with Gasteiger partial charge in [-0.05, 0) is 20.8 Å². The van der Waals surface area contributed by atoms with Gasteiger partial charge in [0.15, 0.2) is 0 Å². The Hall–Kier alpha value is -0.980. The summed E-state index contributed by atoms with van der Waals surface area (Å²) in [7, 11) is 0. The molecule has 0 saturated carbocycles. The van der Waals surface area contributed by atoms with E-state index in [-0.39, 0.29) is 17.6 Å². The number of aliphatic hydroxyl groups excluding tert-OH is 1. The second kappa shape index (κ2) is 5.19. The fraction of sp³-hybridized carbons (Fsp3) is 0.846. The van der Waals surface area contributed by atoms with E-state index in [2.05, 4.69) is 35.9 Å². The quantitative estimate of drug-likeness (QED) is 0.859. The van der Waals surface area contributed by atoms with Crippen LogP contribution >= 0.6 is 0 Å². The first-order valence-corrected chi connectivity index (χ1v) is 6.57. The van der Waals surface area contributed by atoms with Crippen molar-refractivity contribution in [2.24, 2.45) is 5.41 Å². The Morgan fingerprint density at radius 1 is 1.32 bits per heavy atom. The van der Waals surface area contributed by atoms with Gasteiger partial charge in [-0.1, -0.05) is 0 Å². The summed E-state index contributed by atoms with van der Waals surface area (Å²) >= 11 is 0. The van der Waals surface area contributed by atoms with Crippen molar-refractivity contribution in [2.75, 3.05) is 26.4 Å². The van der Waals surface area contributed by atoms with Gasteiger partial charge in [0.2, 0.25) is 11.8 Å². The minimum atomic E-state index is -0.150. The van der Waals surface area contributed by atoms with Crippen LogP contribution in [-0.2, 0) is 11.3 Å². The second-order valence-corrected chi connectivity index (χ2v) is 6.39. The Kier molecular flexibility index (Phi) is 3.94. The molecular formula is C13H23N3O3. The van der Waals surface area contributed by atoms with Gasteiger partial charge in [-0.2, -0.15) is 0 Å². The maximum Gasteiger partial charge on any atom is 0.230 e. The molecule has 0 bridgehead atoms. The Morgan fingerprint density at radius 3 is 2.37 bits per heavy atom. The Bertz CT molecular complexity index is 416. The van der Waals surface area contributed by atoms with Gasteiger partial charge in [-0.25, -0.2) is 0 Å². The van der Waals surface area contributed by atoms with Crippen molar-refractivity contribution >= 4 is 0 Å². The molecule has 108 valence electrons. The second-order valence-electron chi connectivity index (χ2n) is 6.39. The van der Waals surface area contributed by atoms with Crippen LogP contribution in [0.3, 0.4) is 0 Å². The zero-order valence-electron chi connectivity index (χ0n) is 12.1. The first kappa shape index (κ1) is 14.4. The van der Waals surface area contributed by atoms with Crippen LogP contribution in [0.4, 0.5) is 0 Å². The third-order valence-corrected chi connectivity index (χ3v) is 3.52. The monoisotopic (exact) mass is 269 g/mol. The molecule has 6 heteroatoms. The fourth-order valence-electron chi connectivity index (χ4n) is 2.12. The average Bonchev–Trinajstić information content (AvgIpc) is 2.66. The van der Waals surface area contributed by atoms with Crippen molar-refractivity contribution in [3.8, 4) is 0 Å². The van der Waals surface area contributed by atoms with E-state index >= 15 is 0 Å². The lowest BCUT2D eigenvalue weighted by atomic mass is 9.85. The van der Waals surface area contributed by atoms with Gasteiger partial charge in [-0.15, -0.1) is 10.2 Å². The molecule has 0 unspecified atom stereocenters. The molecule has 2 rings (SSSR count). The van der Waals surface area contributed by atoms with E-state index in [1.807, 2.05) is 0 Å². The molecule has 1 N–H and O–H groups in total. The smallest absolute Gasteiger partial charge is 0.230 e. The highest BCUT2D eigenvalue weighted by Gasteiger charge is 2.42. The van der Waals surface area contributed by atoms with Gasteiger partial charge >= 0.3 is 0 Å². The molecule has 1 aliphatic rings. The highest BCUT2D eigenvalue weighted by Crippen LogP contribution is 2.31. The topological polar surface area (TPSA) is 71.6 Å². The molecule has 0 amide bonds. The van der Waals surface area contributed by atoms with Gasteiger partial charge in [0, 0.05) is 19.0 Å². The van der Waals surface area contributed by atoms with Crippen molar-refractivity contribution in [2.45, 2.75) is 39.8 Å². The number of aryl methyl sites for hydroxylation is 1. The predicted octanol–water partition coefficient (Wildman–Crippen LogP) is 0.987. The molecule has 1 fully saturated rings. The Balaban J connectivity index is 2.08. The summed E-state index contributed by atoms with van der Waals surface area (Å²) in [6, 6.07) is 0. The highest BCUT2D eigenvalue weighted by atomic mass is 16.5. The lowest BCUT2D eigenvalue weighted by molar-refractivity contribution is -0.157. The summed E-state index contributed by atoms with van der Waals surface area (Å²) < 4.78 is 10.7. The molecule has 6 nitrogen and oxygen atoms in total. The molecule has 2 heterocycles. The molecule has 0 spiro atoms. The normalized spacial score (nSPS) is 18.6. The largest absolute Gasteiger partial charge is 0.424 e. The lowest BCUT2D eigenvalue weighted by Gasteiger charge is -2.46. The first-order valence-electron chi connectivity index (χ1n) is 6.57. The molecule has 1 saturated heterocycles. The van der Waals surface area contributed by atoms with Gasteiger partial charge in [0.1, 0.15) is 0 Å². The summed E-state index contributed by atoms with van der Waals surface area (Å²) in [6.07, 6.45) is 0. The number of nitrogens with zero attached hydrogens (tertiary/aromatic N) is 3. The molecule has 0 aromatic carbocycles. The fourth-order valence-corrected chi connectivity index (χ4v) is 2.12. The van der Waals surface area contributed by atoms with Gasteiger partial charge in [0.05, 0.1) is 31.8 Å². The van der Waals surface area contributed by atoms with Crippen LogP contribution in [0.5, 0.6) is 0 Å². The first-order chi connectivity index (χ1) is 8.85. The summed E-state index contributed by atoms with van der Waals surface area (Å²) in [6.45, 7) is 10.9. The van der Waals surface area contributed by atoms with E-state index in [1.54, 1.807) is 6.92 Å². The Labute approximate surface area is 113 Å². The number of hydrogen-bond acceptors (Lipinski definition) is 6. The van der Waals surface area contributed by atoms with E-state index in [0.717, 1.165) is 6.54 Å². The molecule has 0 atom stereocenters. The van der Waals surface area contributed by atoms with Crippen LogP contribution in [0, 0.1) is 12.3 Å². The van der Waals surface area contributed by atoms with Crippen LogP contribution in [0.1, 0.15) is 32.6 Å². The van der Waals surface area contributed by atoms with Crippen LogP contribution in [0.15, 0.2) is 4.42 Å². The number of aliphatic hydroxyl groups is 1. The van der Waals surface area contributed by atoms with E-state index in [9.17, 15) is 5.11 Å². The predicted molar refractivity (Wildman–Crippen MR) is 69.5 cm³/mol. The van der Waals surface area contributed by atoms with Crippen LogP contribution in [0.25, 0.3) is 0 Å². The maximum atomic E-state index is 9.56. The number of aromatic nitrogens is 2. The molecule has 1 aliphatic heterocycles. The van der Waals surface area contributed by atoms with E-state index < -0.39 is 0 Å². The molecule has 0 aliphatic carbocycles. The van der Waals surface area contributed by atoms with Gasteiger partial charge in [-0.3, -0.25) is 4.90 Å². The highest BCUT2D eigenvalue weighted by molar-refractivity contribution is 4.93. The zero-order valence-corrected chi connectivity index (χ0v) is 12.1. The lowest BCUT2D eigenvalue weighted by Crippen LogP contribution is -2.56. The van der Waals surface area contributed by atoms with Crippen LogP contribution < -0.4 is 0 Å². The third kappa shape index (κ3) is 3.32. The Morgan fingerprint density at radius 2 is 2.00 bits per heavy atom. The minimum Gasteiger partial charge on any atom is -0.424 e. The summed E-state index contributed by atoms with van der Waals surface area (Å²) in [5.74, 6) is 1.19. The number of hydrogen-bond donors (Lipinski definition) is 1. The van der Waals surface area contributed by atoms with Crippen LogP contribution in [-0.4, -0.2) is 52.1 Å². The molecular weight excluding hydrogens is 246 g/mol. The summed E-state index contributed by atoms with van der Waals surface area (Å²) in [5, 5.41) is 17.5. The molecule has 1 aromatic rings. The van der Waals surface area contributed by atoms with Crippen molar-refractivity contribution in [1.82, 2.24) is 15.1 Å². The minimum absolute atomic E-state index is 0.0415. The van der Waals surface area contributed by atoms with E-state index in [4.69, 9.17) is 9.15 Å². The summed E-state index contributed by atoms with van der Waals surface area (Å²) in [5.41, 5.74) is -0.192. The van der Waals surface area contributed by atoms with E-state index in [0.29, 0.717) is 31.5 Å². The van der Waals surface area contributed by atoms with Crippen molar-refractivity contribution in [3.05, 3.63) is 11.8 Å². The maximum absolute atomic E-state index is 9.56. The van der Waals surface area contributed by atoms with Gasteiger partial charge < -0.3 is 14.3 Å². The van der Waals surface area contributed by atoms with Crippen molar-refractivity contribution < 1.29 is 14.3 Å². The third-order valence-electron chi connectivity index (χ3n) is 3.52. The molecule has 19 heavy (non-hydrogen) atoms. The van der Waals surface area contributed by atoms with Crippen LogP contribution in [0.2, 0.25) is 0 Å². The molecule has 1 aromatic heterocycles.